The number of hydrogen-bond donors (Lipinski definition) is 1. The van der Waals surface area contributed by atoms with E-state index < -0.39 is 0 Å². The summed E-state index contributed by atoms with van der Waals surface area (Å²) in [5, 5.41) is 3.36. The number of nitrogens with zero attached hydrogens (tertiary/aromatic N) is 1. The Kier molecular flexibility index (Phi) is 3.55. The minimum Gasteiger partial charge on any atom is -0.319 e. The van der Waals surface area contributed by atoms with Gasteiger partial charge in [0.25, 0.3) is 0 Å². The van der Waals surface area contributed by atoms with E-state index in [1.54, 1.807) is 0 Å². The molecule has 3 heteroatoms. The van der Waals surface area contributed by atoms with Crippen LogP contribution in [0, 0.1) is 5.92 Å². The Morgan fingerprint density at radius 1 is 1.15 bits per heavy atom. The van der Waals surface area contributed by atoms with Crippen LogP contribution < -0.4 is 5.32 Å². The van der Waals surface area contributed by atoms with Crippen LogP contribution in [0.4, 0.5) is 0 Å². The van der Waals surface area contributed by atoms with Gasteiger partial charge in [0.15, 0.2) is 0 Å². The van der Waals surface area contributed by atoms with E-state index in [-0.39, 0.29) is 12.1 Å². The summed E-state index contributed by atoms with van der Waals surface area (Å²) in [4.78, 5) is 14.2. The van der Waals surface area contributed by atoms with E-state index in [1.807, 2.05) is 0 Å². The summed E-state index contributed by atoms with van der Waals surface area (Å²) in [5.74, 6) is 1.49. The van der Waals surface area contributed by atoms with Gasteiger partial charge < -0.3 is 4.90 Å². The fourth-order valence-corrected chi connectivity index (χ4v) is 3.13. The van der Waals surface area contributed by atoms with E-state index in [0.29, 0.717) is 24.4 Å². The lowest BCUT2D eigenvalue weighted by atomic mass is 10.0. The van der Waals surface area contributed by atoms with Crippen LogP contribution in [0.3, 0.4) is 0 Å². The SMILES string of the molecule is CC(C)c1ccc(C2NCC(=O)N2C(C)C2CC2)cc1. The van der Waals surface area contributed by atoms with E-state index in [4.69, 9.17) is 0 Å². The Balaban J connectivity index is 1.82. The highest BCUT2D eigenvalue weighted by Crippen LogP contribution is 2.39. The van der Waals surface area contributed by atoms with Crippen LogP contribution in [0.25, 0.3) is 0 Å². The van der Waals surface area contributed by atoms with Crippen LogP contribution >= 0.6 is 0 Å². The maximum atomic E-state index is 12.2. The van der Waals surface area contributed by atoms with Crippen molar-refractivity contribution in [2.45, 2.75) is 51.7 Å². The van der Waals surface area contributed by atoms with Crippen molar-refractivity contribution in [3.8, 4) is 0 Å². The quantitative estimate of drug-likeness (QED) is 0.913. The van der Waals surface area contributed by atoms with Crippen molar-refractivity contribution >= 4 is 5.91 Å². The Bertz CT molecular complexity index is 490. The highest BCUT2D eigenvalue weighted by Gasteiger charge is 2.41. The molecule has 0 bridgehead atoms. The third-order valence-electron chi connectivity index (χ3n) is 4.67. The molecule has 0 spiro atoms. The van der Waals surface area contributed by atoms with E-state index in [2.05, 4.69) is 55.3 Å². The maximum Gasteiger partial charge on any atom is 0.238 e. The second kappa shape index (κ2) is 5.21. The molecule has 1 aromatic carbocycles. The van der Waals surface area contributed by atoms with Gasteiger partial charge in [-0.1, -0.05) is 38.1 Å². The van der Waals surface area contributed by atoms with Crippen LogP contribution in [-0.2, 0) is 4.79 Å². The van der Waals surface area contributed by atoms with Crippen molar-refractivity contribution in [1.29, 1.82) is 0 Å². The Labute approximate surface area is 121 Å². The monoisotopic (exact) mass is 272 g/mol. The van der Waals surface area contributed by atoms with Crippen LogP contribution in [0.2, 0.25) is 0 Å². The van der Waals surface area contributed by atoms with Gasteiger partial charge in [-0.2, -0.15) is 0 Å². The van der Waals surface area contributed by atoms with Gasteiger partial charge in [0.05, 0.1) is 6.54 Å². The molecule has 1 aliphatic heterocycles. The highest BCUT2D eigenvalue weighted by atomic mass is 16.2. The van der Waals surface area contributed by atoms with E-state index >= 15 is 0 Å². The summed E-state index contributed by atoms with van der Waals surface area (Å²) in [6.07, 6.45) is 2.59. The fraction of sp³-hybridized carbons (Fsp3) is 0.588. The van der Waals surface area contributed by atoms with Gasteiger partial charge in [0.2, 0.25) is 5.91 Å². The standard InChI is InChI=1S/C17H24N2O/c1-11(2)13-4-8-15(9-5-13)17-18-10-16(20)19(17)12(3)14-6-7-14/h4-5,8-9,11-12,14,17-18H,6-7,10H2,1-3H3. The number of rotatable bonds is 4. The molecule has 1 aromatic rings. The second-order valence-corrected chi connectivity index (χ2v) is 6.48. The molecule has 1 saturated heterocycles. The molecule has 1 heterocycles. The van der Waals surface area contributed by atoms with Crippen LogP contribution in [0.5, 0.6) is 0 Å². The average molecular weight is 272 g/mol. The molecule has 2 aliphatic rings. The maximum absolute atomic E-state index is 12.2. The van der Waals surface area contributed by atoms with Gasteiger partial charge in [-0.25, -0.2) is 0 Å². The first-order valence-corrected chi connectivity index (χ1v) is 7.72. The highest BCUT2D eigenvalue weighted by molar-refractivity contribution is 5.81. The lowest BCUT2D eigenvalue weighted by molar-refractivity contribution is -0.130. The number of carbonyl (C=O) groups is 1. The lowest BCUT2D eigenvalue weighted by Crippen LogP contribution is -2.39. The van der Waals surface area contributed by atoms with Crippen molar-refractivity contribution in [2.75, 3.05) is 6.54 Å². The summed E-state index contributed by atoms with van der Waals surface area (Å²) in [7, 11) is 0. The zero-order valence-corrected chi connectivity index (χ0v) is 12.6. The van der Waals surface area contributed by atoms with E-state index in [9.17, 15) is 4.79 Å². The van der Waals surface area contributed by atoms with Crippen molar-refractivity contribution in [1.82, 2.24) is 10.2 Å². The van der Waals surface area contributed by atoms with Crippen LogP contribution in [-0.4, -0.2) is 23.4 Å². The molecule has 0 radical (unpaired) electrons. The average Bonchev–Trinajstić information content (AvgIpc) is 3.21. The predicted molar refractivity (Wildman–Crippen MR) is 80.3 cm³/mol. The number of nitrogens with one attached hydrogen (secondary N) is 1. The van der Waals surface area contributed by atoms with Gasteiger partial charge in [-0.05, 0) is 42.7 Å². The molecule has 1 N–H and O–H groups in total. The summed E-state index contributed by atoms with van der Waals surface area (Å²) in [5.41, 5.74) is 2.55. The van der Waals surface area contributed by atoms with Gasteiger partial charge in [0.1, 0.15) is 6.17 Å². The molecule has 2 unspecified atom stereocenters. The fourth-order valence-electron chi connectivity index (χ4n) is 3.13. The molecular formula is C17H24N2O. The second-order valence-electron chi connectivity index (χ2n) is 6.48. The molecule has 2 fully saturated rings. The molecule has 108 valence electrons. The summed E-state index contributed by atoms with van der Waals surface area (Å²) >= 11 is 0. The molecule has 2 atom stereocenters. The Morgan fingerprint density at radius 3 is 2.35 bits per heavy atom. The summed E-state index contributed by atoms with van der Waals surface area (Å²) < 4.78 is 0. The number of hydrogen-bond acceptors (Lipinski definition) is 2. The molecule has 0 aromatic heterocycles. The molecule has 1 saturated carbocycles. The predicted octanol–water partition coefficient (Wildman–Crippen LogP) is 3.04. The smallest absolute Gasteiger partial charge is 0.238 e. The Hall–Kier alpha value is -1.35. The van der Waals surface area contributed by atoms with Crippen molar-refractivity contribution in [2.24, 2.45) is 5.92 Å². The van der Waals surface area contributed by atoms with Crippen molar-refractivity contribution in [3.05, 3.63) is 35.4 Å². The first kappa shape index (κ1) is 13.6. The van der Waals surface area contributed by atoms with Crippen LogP contribution in [0.15, 0.2) is 24.3 Å². The molecule has 3 rings (SSSR count). The molecule has 1 amide bonds. The summed E-state index contributed by atoms with van der Waals surface area (Å²) in [6, 6.07) is 9.05. The third-order valence-corrected chi connectivity index (χ3v) is 4.67. The lowest BCUT2D eigenvalue weighted by Gasteiger charge is -2.31. The first-order chi connectivity index (χ1) is 9.58. The molecule has 1 aliphatic carbocycles. The molecule has 3 nitrogen and oxygen atoms in total. The zero-order chi connectivity index (χ0) is 14.3. The summed E-state index contributed by atoms with van der Waals surface area (Å²) in [6.45, 7) is 7.06. The van der Waals surface area contributed by atoms with Gasteiger partial charge >= 0.3 is 0 Å². The van der Waals surface area contributed by atoms with Crippen molar-refractivity contribution in [3.63, 3.8) is 0 Å². The van der Waals surface area contributed by atoms with Gasteiger partial charge in [0, 0.05) is 6.04 Å². The number of carbonyl (C=O) groups excluding carboxylic acids is 1. The van der Waals surface area contributed by atoms with Gasteiger partial charge in [-0.3, -0.25) is 10.1 Å². The number of amides is 1. The van der Waals surface area contributed by atoms with Crippen molar-refractivity contribution < 1.29 is 4.79 Å². The number of benzene rings is 1. The normalized spacial score (nSPS) is 24.5. The third kappa shape index (κ3) is 2.47. The largest absolute Gasteiger partial charge is 0.319 e. The van der Waals surface area contributed by atoms with Crippen LogP contribution in [0.1, 0.15) is 56.8 Å². The minimum absolute atomic E-state index is 0.0549. The van der Waals surface area contributed by atoms with E-state index in [1.165, 1.54) is 24.0 Å². The topological polar surface area (TPSA) is 32.3 Å². The van der Waals surface area contributed by atoms with E-state index in [0.717, 1.165) is 0 Å². The molecular weight excluding hydrogens is 248 g/mol. The zero-order valence-electron chi connectivity index (χ0n) is 12.6. The first-order valence-electron chi connectivity index (χ1n) is 7.72. The molecule has 20 heavy (non-hydrogen) atoms. The van der Waals surface area contributed by atoms with Gasteiger partial charge in [-0.15, -0.1) is 0 Å². The minimum atomic E-state index is 0.0549. The Morgan fingerprint density at radius 2 is 1.80 bits per heavy atom.